The molecular formula is C19H35N5S. The van der Waals surface area contributed by atoms with Crippen molar-refractivity contribution in [2.24, 2.45) is 10.9 Å². The van der Waals surface area contributed by atoms with Crippen molar-refractivity contribution < 1.29 is 0 Å². The van der Waals surface area contributed by atoms with E-state index in [1.807, 2.05) is 0 Å². The van der Waals surface area contributed by atoms with Crippen LogP contribution >= 0.6 is 11.3 Å². The van der Waals surface area contributed by atoms with Crippen LogP contribution in [0.2, 0.25) is 0 Å². The predicted octanol–water partition coefficient (Wildman–Crippen LogP) is 2.39. The number of hydrogen-bond donors (Lipinski definition) is 2. The molecular weight excluding hydrogens is 330 g/mol. The molecule has 0 amide bonds. The van der Waals surface area contributed by atoms with Gasteiger partial charge in [0.05, 0.1) is 6.54 Å². The molecule has 1 aromatic heterocycles. The van der Waals surface area contributed by atoms with E-state index in [2.05, 4.69) is 59.6 Å². The van der Waals surface area contributed by atoms with Gasteiger partial charge >= 0.3 is 0 Å². The third kappa shape index (κ3) is 6.96. The van der Waals surface area contributed by atoms with Crippen molar-refractivity contribution >= 4 is 17.3 Å². The molecule has 0 spiro atoms. The van der Waals surface area contributed by atoms with Crippen molar-refractivity contribution in [2.75, 3.05) is 52.4 Å². The van der Waals surface area contributed by atoms with Crippen LogP contribution in [0, 0.1) is 12.8 Å². The van der Waals surface area contributed by atoms with E-state index < -0.39 is 0 Å². The zero-order chi connectivity index (χ0) is 18.1. The van der Waals surface area contributed by atoms with Crippen molar-refractivity contribution in [3.63, 3.8) is 0 Å². The number of aliphatic imine (C=N–C) groups is 1. The van der Waals surface area contributed by atoms with Gasteiger partial charge in [-0.2, -0.15) is 0 Å². The molecule has 1 unspecified atom stereocenters. The van der Waals surface area contributed by atoms with E-state index in [0.29, 0.717) is 5.92 Å². The maximum Gasteiger partial charge on any atom is 0.191 e. The molecule has 6 heteroatoms. The van der Waals surface area contributed by atoms with Crippen molar-refractivity contribution in [3.05, 3.63) is 21.9 Å². The first kappa shape index (κ1) is 20.2. The normalized spacial score (nSPS) is 18.3. The Labute approximate surface area is 157 Å². The van der Waals surface area contributed by atoms with Crippen LogP contribution in [0.15, 0.2) is 16.4 Å². The molecule has 1 aliphatic heterocycles. The summed E-state index contributed by atoms with van der Waals surface area (Å²) in [5, 5.41) is 9.02. The molecule has 5 nitrogen and oxygen atoms in total. The average molecular weight is 366 g/mol. The van der Waals surface area contributed by atoms with Gasteiger partial charge in [-0.3, -0.25) is 0 Å². The number of thiophene rings is 1. The van der Waals surface area contributed by atoms with Crippen molar-refractivity contribution in [3.8, 4) is 0 Å². The minimum absolute atomic E-state index is 0.612. The Morgan fingerprint density at radius 3 is 2.52 bits per heavy atom. The minimum atomic E-state index is 0.612. The molecule has 1 atom stereocenters. The SMILES string of the molecule is CCNC(=NCc1sccc1C)NCC(C)CN1CCN(CC)CC1. The number of aryl methyl sites for hydroxylation is 1. The molecule has 1 fully saturated rings. The first-order valence-corrected chi connectivity index (χ1v) is 10.5. The first-order chi connectivity index (χ1) is 12.1. The molecule has 2 heterocycles. The van der Waals surface area contributed by atoms with Crippen LogP contribution < -0.4 is 10.6 Å². The standard InChI is InChI=1S/C19H35N5S/c1-5-20-19(22-14-18-17(4)7-12-25-18)21-13-16(3)15-24-10-8-23(6-2)9-11-24/h7,12,16H,5-6,8-11,13-15H2,1-4H3,(H2,20,21,22). The van der Waals surface area contributed by atoms with Gasteiger partial charge in [0.15, 0.2) is 5.96 Å². The second-order valence-electron chi connectivity index (χ2n) is 6.94. The summed E-state index contributed by atoms with van der Waals surface area (Å²) in [6.45, 7) is 18.6. The zero-order valence-electron chi connectivity index (χ0n) is 16.3. The Bertz CT molecular complexity index is 520. The molecule has 25 heavy (non-hydrogen) atoms. The molecule has 1 saturated heterocycles. The number of nitrogens with zero attached hydrogens (tertiary/aromatic N) is 3. The second-order valence-corrected chi connectivity index (χ2v) is 7.94. The quantitative estimate of drug-likeness (QED) is 0.548. The van der Waals surface area contributed by atoms with Crippen LogP contribution in [0.5, 0.6) is 0 Å². The zero-order valence-corrected chi connectivity index (χ0v) is 17.2. The van der Waals surface area contributed by atoms with Gasteiger partial charge in [-0.15, -0.1) is 11.3 Å². The van der Waals surface area contributed by atoms with E-state index in [1.54, 1.807) is 11.3 Å². The largest absolute Gasteiger partial charge is 0.357 e. The van der Waals surface area contributed by atoms with Crippen LogP contribution in [0.3, 0.4) is 0 Å². The topological polar surface area (TPSA) is 42.9 Å². The van der Waals surface area contributed by atoms with Gasteiger partial charge in [0, 0.05) is 50.7 Å². The van der Waals surface area contributed by atoms with Gasteiger partial charge < -0.3 is 20.4 Å². The molecule has 0 aromatic carbocycles. The monoisotopic (exact) mass is 365 g/mol. The molecule has 2 N–H and O–H groups in total. The third-order valence-corrected chi connectivity index (χ3v) is 5.80. The lowest BCUT2D eigenvalue weighted by Crippen LogP contribution is -2.48. The highest BCUT2D eigenvalue weighted by molar-refractivity contribution is 7.10. The Balaban J connectivity index is 1.75. The summed E-state index contributed by atoms with van der Waals surface area (Å²) in [6.07, 6.45) is 0. The Kier molecular flexibility index (Phi) is 8.72. The highest BCUT2D eigenvalue weighted by atomic mass is 32.1. The van der Waals surface area contributed by atoms with Crippen LogP contribution in [-0.2, 0) is 6.54 Å². The lowest BCUT2D eigenvalue weighted by Gasteiger charge is -2.35. The van der Waals surface area contributed by atoms with Gasteiger partial charge in [0.25, 0.3) is 0 Å². The molecule has 0 bridgehead atoms. The molecule has 2 rings (SSSR count). The van der Waals surface area contributed by atoms with E-state index >= 15 is 0 Å². The van der Waals surface area contributed by atoms with Gasteiger partial charge in [-0.1, -0.05) is 13.8 Å². The summed E-state index contributed by atoms with van der Waals surface area (Å²) in [4.78, 5) is 11.2. The molecule has 0 radical (unpaired) electrons. The van der Waals surface area contributed by atoms with E-state index in [1.165, 1.54) is 43.2 Å². The molecule has 142 valence electrons. The number of guanidine groups is 1. The Morgan fingerprint density at radius 2 is 1.92 bits per heavy atom. The summed E-state index contributed by atoms with van der Waals surface area (Å²) in [6, 6.07) is 2.16. The lowest BCUT2D eigenvalue weighted by molar-refractivity contribution is 0.124. The third-order valence-electron chi connectivity index (χ3n) is 4.79. The van der Waals surface area contributed by atoms with E-state index in [-0.39, 0.29) is 0 Å². The van der Waals surface area contributed by atoms with Crippen LogP contribution in [-0.4, -0.2) is 68.1 Å². The molecule has 1 aromatic rings. The van der Waals surface area contributed by atoms with E-state index in [9.17, 15) is 0 Å². The molecule has 0 saturated carbocycles. The maximum absolute atomic E-state index is 4.74. The van der Waals surface area contributed by atoms with E-state index in [4.69, 9.17) is 4.99 Å². The molecule has 1 aliphatic rings. The minimum Gasteiger partial charge on any atom is -0.357 e. The predicted molar refractivity (Wildman–Crippen MR) is 110 cm³/mol. The Morgan fingerprint density at radius 1 is 1.20 bits per heavy atom. The van der Waals surface area contributed by atoms with Gasteiger partial charge in [0.1, 0.15) is 0 Å². The maximum atomic E-state index is 4.74. The number of nitrogens with one attached hydrogen (secondary N) is 2. The van der Waals surface area contributed by atoms with Crippen molar-refractivity contribution in [2.45, 2.75) is 34.2 Å². The highest BCUT2D eigenvalue weighted by Crippen LogP contribution is 2.16. The summed E-state index contributed by atoms with van der Waals surface area (Å²) in [7, 11) is 0. The fourth-order valence-corrected chi connectivity index (χ4v) is 3.95. The fourth-order valence-electron chi connectivity index (χ4n) is 3.12. The smallest absolute Gasteiger partial charge is 0.191 e. The first-order valence-electron chi connectivity index (χ1n) is 9.62. The summed E-state index contributed by atoms with van der Waals surface area (Å²) < 4.78 is 0. The number of likely N-dealkylation sites (N-methyl/N-ethyl adjacent to an activating group) is 1. The number of hydrogen-bond acceptors (Lipinski definition) is 4. The summed E-state index contributed by atoms with van der Waals surface area (Å²) in [5.74, 6) is 1.54. The second kappa shape index (κ2) is 10.8. The lowest BCUT2D eigenvalue weighted by atomic mass is 10.1. The number of piperazine rings is 1. The van der Waals surface area contributed by atoms with Gasteiger partial charge in [0.2, 0.25) is 0 Å². The van der Waals surface area contributed by atoms with Crippen LogP contribution in [0.25, 0.3) is 0 Å². The van der Waals surface area contributed by atoms with Gasteiger partial charge in [-0.05, 0) is 43.3 Å². The number of rotatable bonds is 8. The summed E-state index contributed by atoms with van der Waals surface area (Å²) in [5.41, 5.74) is 1.34. The van der Waals surface area contributed by atoms with Gasteiger partial charge in [-0.25, -0.2) is 4.99 Å². The van der Waals surface area contributed by atoms with Crippen LogP contribution in [0.4, 0.5) is 0 Å². The van der Waals surface area contributed by atoms with E-state index in [0.717, 1.165) is 32.1 Å². The molecule has 0 aliphatic carbocycles. The highest BCUT2D eigenvalue weighted by Gasteiger charge is 2.17. The van der Waals surface area contributed by atoms with Crippen molar-refractivity contribution in [1.82, 2.24) is 20.4 Å². The van der Waals surface area contributed by atoms with Crippen LogP contribution in [0.1, 0.15) is 31.2 Å². The Hall–Kier alpha value is -1.11. The van der Waals surface area contributed by atoms with Crippen molar-refractivity contribution in [1.29, 1.82) is 0 Å². The fraction of sp³-hybridized carbons (Fsp3) is 0.737. The summed E-state index contributed by atoms with van der Waals surface area (Å²) >= 11 is 1.79. The average Bonchev–Trinajstić information content (AvgIpc) is 3.03.